The number of piperidine rings is 1. The summed E-state index contributed by atoms with van der Waals surface area (Å²) in [6, 6.07) is 13.8. The summed E-state index contributed by atoms with van der Waals surface area (Å²) in [7, 11) is 0. The van der Waals surface area contributed by atoms with Gasteiger partial charge >= 0.3 is 0 Å². The van der Waals surface area contributed by atoms with Crippen LogP contribution in [0.2, 0.25) is 5.02 Å². The molecule has 0 spiro atoms. The fraction of sp³-hybridized carbons (Fsp3) is 0.357. The molecule has 3 atom stereocenters. The largest absolute Gasteiger partial charge is 0.328 e. The number of allylic oxidation sites excluding steroid dienone is 2. The highest BCUT2D eigenvalue weighted by Crippen LogP contribution is 2.48. The maximum absolute atomic E-state index is 14.9. The van der Waals surface area contributed by atoms with E-state index in [1.807, 2.05) is 24.3 Å². The first-order chi connectivity index (χ1) is 17.2. The number of carbonyl (C=O) groups is 3. The van der Waals surface area contributed by atoms with Gasteiger partial charge in [0.1, 0.15) is 18.1 Å². The number of para-hydroxylation sites is 1. The number of benzene rings is 2. The molecule has 2 heterocycles. The minimum absolute atomic E-state index is 0.0171. The molecule has 1 saturated heterocycles. The lowest BCUT2D eigenvalue weighted by atomic mass is 10.00. The third-order valence-corrected chi connectivity index (χ3v) is 7.53. The van der Waals surface area contributed by atoms with Crippen molar-refractivity contribution in [2.24, 2.45) is 5.92 Å². The second kappa shape index (κ2) is 9.62. The smallest absolute Gasteiger partial charge is 0.245 e. The van der Waals surface area contributed by atoms with Crippen molar-refractivity contribution in [2.45, 2.75) is 58.2 Å². The second-order valence-corrected chi connectivity index (χ2v) is 10.1. The highest BCUT2D eigenvalue weighted by Gasteiger charge is 2.55. The molecule has 0 radical (unpaired) electrons. The quantitative estimate of drug-likeness (QED) is 0.370. The molecule has 2 aliphatic rings. The molecule has 1 aliphatic carbocycles. The van der Waals surface area contributed by atoms with Gasteiger partial charge in [-0.3, -0.25) is 19.1 Å². The van der Waals surface area contributed by atoms with Crippen molar-refractivity contribution < 1.29 is 18.8 Å². The standard InChI is InChI=1S/C28H27ClFN3O3/c1-16(18-6-5-7-20(29)12-18)22(30)10-11-26(35)25-14-19-13-24(19)33(25)27(36)15-32-23-9-4-3-8-21(23)28(31-32)17(2)34/h3-9,12,19,24-25H,10-11,13-15H2,1-2H3/b22-16+/t19-,24-,25+/m1/s1. The van der Waals surface area contributed by atoms with Crippen LogP contribution in [-0.2, 0) is 16.1 Å². The molecule has 2 aromatic carbocycles. The Morgan fingerprint density at radius 3 is 2.58 bits per heavy atom. The number of amides is 1. The summed E-state index contributed by atoms with van der Waals surface area (Å²) >= 11 is 6.02. The Morgan fingerprint density at radius 2 is 1.83 bits per heavy atom. The van der Waals surface area contributed by atoms with Crippen LogP contribution in [0.15, 0.2) is 54.4 Å². The van der Waals surface area contributed by atoms with Crippen molar-refractivity contribution in [1.29, 1.82) is 0 Å². The minimum Gasteiger partial charge on any atom is -0.328 e. The molecule has 0 bridgehead atoms. The Bertz CT molecular complexity index is 1410. The van der Waals surface area contributed by atoms with E-state index in [9.17, 15) is 18.8 Å². The molecule has 1 saturated carbocycles. The molecular formula is C28H27ClFN3O3. The van der Waals surface area contributed by atoms with E-state index < -0.39 is 6.04 Å². The van der Waals surface area contributed by atoms with Crippen LogP contribution in [-0.4, -0.2) is 44.2 Å². The fourth-order valence-corrected chi connectivity index (χ4v) is 5.48. The zero-order valence-corrected chi connectivity index (χ0v) is 21.0. The Kier molecular flexibility index (Phi) is 6.51. The lowest BCUT2D eigenvalue weighted by molar-refractivity contribution is -0.139. The van der Waals surface area contributed by atoms with Gasteiger partial charge in [-0.15, -0.1) is 0 Å². The summed E-state index contributed by atoms with van der Waals surface area (Å²) in [6.45, 7) is 3.07. The van der Waals surface area contributed by atoms with Gasteiger partial charge in [0, 0.05) is 36.2 Å². The Hall–Kier alpha value is -3.32. The Morgan fingerprint density at radius 1 is 1.06 bits per heavy atom. The van der Waals surface area contributed by atoms with Crippen LogP contribution < -0.4 is 0 Å². The van der Waals surface area contributed by atoms with Gasteiger partial charge in [0.25, 0.3) is 0 Å². The van der Waals surface area contributed by atoms with Crippen LogP contribution in [0.3, 0.4) is 0 Å². The molecule has 36 heavy (non-hydrogen) atoms. The average Bonchev–Trinajstić information content (AvgIpc) is 3.36. The van der Waals surface area contributed by atoms with E-state index in [4.69, 9.17) is 11.6 Å². The first-order valence-corrected chi connectivity index (χ1v) is 12.5. The molecule has 1 aliphatic heterocycles. The predicted molar refractivity (Wildman–Crippen MR) is 136 cm³/mol. The van der Waals surface area contributed by atoms with Crippen molar-refractivity contribution in [3.63, 3.8) is 0 Å². The average molecular weight is 508 g/mol. The molecule has 2 fully saturated rings. The predicted octanol–water partition coefficient (Wildman–Crippen LogP) is 5.63. The summed E-state index contributed by atoms with van der Waals surface area (Å²) in [5.74, 6) is -0.533. The first kappa shape index (κ1) is 24.4. The molecule has 1 amide bonds. The normalized spacial score (nSPS) is 21.3. The number of aromatic nitrogens is 2. The zero-order valence-electron chi connectivity index (χ0n) is 20.2. The molecule has 3 aromatic rings. The third kappa shape index (κ3) is 4.60. The van der Waals surface area contributed by atoms with Gasteiger partial charge in [0.2, 0.25) is 5.91 Å². The summed E-state index contributed by atoms with van der Waals surface area (Å²) in [6.07, 6.45) is 1.51. The summed E-state index contributed by atoms with van der Waals surface area (Å²) in [5, 5.41) is 5.62. The lowest BCUT2D eigenvalue weighted by Crippen LogP contribution is -2.44. The van der Waals surface area contributed by atoms with E-state index in [2.05, 4.69) is 5.10 Å². The minimum atomic E-state index is -0.547. The summed E-state index contributed by atoms with van der Waals surface area (Å²) in [4.78, 5) is 40.2. The van der Waals surface area contributed by atoms with Crippen LogP contribution in [0.1, 0.15) is 55.6 Å². The number of hydrogen-bond acceptors (Lipinski definition) is 4. The molecule has 8 heteroatoms. The van der Waals surface area contributed by atoms with Crippen molar-refractivity contribution >= 4 is 45.6 Å². The number of fused-ring (bicyclic) bond motifs is 2. The Labute approximate surface area is 213 Å². The third-order valence-electron chi connectivity index (χ3n) is 7.30. The van der Waals surface area contributed by atoms with Gasteiger partial charge in [-0.2, -0.15) is 5.10 Å². The van der Waals surface area contributed by atoms with Crippen molar-refractivity contribution in [2.75, 3.05) is 0 Å². The molecule has 1 aromatic heterocycles. The van der Waals surface area contributed by atoms with E-state index in [1.54, 1.807) is 40.8 Å². The summed E-state index contributed by atoms with van der Waals surface area (Å²) < 4.78 is 16.4. The molecule has 186 valence electrons. The molecule has 5 rings (SSSR count). The van der Waals surface area contributed by atoms with Gasteiger partial charge in [0.15, 0.2) is 11.6 Å². The second-order valence-electron chi connectivity index (χ2n) is 9.70. The molecule has 6 nitrogen and oxygen atoms in total. The van der Waals surface area contributed by atoms with Crippen LogP contribution >= 0.6 is 11.6 Å². The van der Waals surface area contributed by atoms with Crippen LogP contribution in [0.25, 0.3) is 16.5 Å². The van der Waals surface area contributed by atoms with E-state index in [-0.39, 0.29) is 48.7 Å². The van der Waals surface area contributed by atoms with Crippen molar-refractivity contribution in [3.8, 4) is 0 Å². The number of ketones is 2. The van der Waals surface area contributed by atoms with Gasteiger partial charge in [-0.25, -0.2) is 4.39 Å². The van der Waals surface area contributed by atoms with E-state index in [0.717, 1.165) is 6.42 Å². The maximum Gasteiger partial charge on any atom is 0.245 e. The number of carbonyl (C=O) groups excluding carboxylic acids is 3. The van der Waals surface area contributed by atoms with E-state index in [1.165, 1.54) is 6.92 Å². The van der Waals surface area contributed by atoms with Crippen LogP contribution in [0.5, 0.6) is 0 Å². The van der Waals surface area contributed by atoms with Gasteiger partial charge in [-0.05, 0) is 55.0 Å². The number of hydrogen-bond donors (Lipinski definition) is 0. The SMILES string of the molecule is CC(=O)c1nn(CC(=O)N2[C@@H]3C[C@@H]3C[C@H]2C(=O)CC/C(F)=C(/C)c2cccc(Cl)c2)c2ccccc12. The highest BCUT2D eigenvalue weighted by molar-refractivity contribution is 6.30. The number of Topliss-reactive ketones (excluding diaryl/α,β-unsaturated/α-hetero) is 2. The van der Waals surface area contributed by atoms with Crippen LogP contribution in [0.4, 0.5) is 4.39 Å². The van der Waals surface area contributed by atoms with Crippen LogP contribution in [0, 0.1) is 5.92 Å². The molecule has 0 N–H and O–H groups in total. The maximum atomic E-state index is 14.9. The number of halogens is 2. The zero-order chi connectivity index (χ0) is 25.6. The topological polar surface area (TPSA) is 72.3 Å². The lowest BCUT2D eigenvalue weighted by Gasteiger charge is -2.27. The van der Waals surface area contributed by atoms with Crippen molar-refractivity contribution in [3.05, 3.63) is 70.6 Å². The Balaban J connectivity index is 1.30. The van der Waals surface area contributed by atoms with E-state index >= 15 is 0 Å². The van der Waals surface area contributed by atoms with E-state index in [0.29, 0.717) is 45.1 Å². The highest BCUT2D eigenvalue weighted by atomic mass is 35.5. The fourth-order valence-electron chi connectivity index (χ4n) is 5.29. The number of rotatable bonds is 8. The molecule has 0 unspecified atom stereocenters. The first-order valence-electron chi connectivity index (χ1n) is 12.2. The van der Waals surface area contributed by atoms with Gasteiger partial charge < -0.3 is 4.90 Å². The monoisotopic (exact) mass is 507 g/mol. The molecular weight excluding hydrogens is 481 g/mol. The summed E-state index contributed by atoms with van der Waals surface area (Å²) in [5.41, 5.74) is 2.17. The van der Waals surface area contributed by atoms with Gasteiger partial charge in [0.05, 0.1) is 11.6 Å². The number of likely N-dealkylation sites (tertiary alicyclic amines) is 1. The number of nitrogens with zero attached hydrogens (tertiary/aromatic N) is 3. The van der Waals surface area contributed by atoms with Gasteiger partial charge in [-0.1, -0.05) is 41.9 Å². The van der Waals surface area contributed by atoms with Crippen molar-refractivity contribution in [1.82, 2.24) is 14.7 Å².